The fraction of sp³-hybridized carbons (Fsp3) is 0.560. The van der Waals surface area contributed by atoms with Crippen molar-refractivity contribution in [3.63, 3.8) is 0 Å². The Kier molecular flexibility index (Phi) is 11.5. The number of hydrogen-bond acceptors (Lipinski definition) is 5. The van der Waals surface area contributed by atoms with Gasteiger partial charge in [0.1, 0.15) is 5.82 Å². The van der Waals surface area contributed by atoms with Crippen LogP contribution in [0.1, 0.15) is 74.4 Å². The number of unbranched alkanes of at least 4 members (excludes halogenated alkanes) is 1. The molecule has 1 aromatic carbocycles. The van der Waals surface area contributed by atoms with Gasteiger partial charge >= 0.3 is 5.97 Å². The maximum absolute atomic E-state index is 12.7. The smallest absolute Gasteiger partial charge is 0.339 e. The van der Waals surface area contributed by atoms with Crippen LogP contribution in [0.15, 0.2) is 28.9 Å². The van der Waals surface area contributed by atoms with Gasteiger partial charge in [-0.05, 0) is 59.3 Å². The van der Waals surface area contributed by atoms with E-state index in [0.717, 1.165) is 42.8 Å². The van der Waals surface area contributed by atoms with Crippen LogP contribution in [-0.2, 0) is 29.0 Å². The number of imidazole rings is 1. The van der Waals surface area contributed by atoms with Crippen LogP contribution < -0.4 is 5.32 Å². The lowest BCUT2D eigenvalue weighted by molar-refractivity contribution is -0.124. The zero-order chi connectivity index (χ0) is 24.4. The summed E-state index contributed by atoms with van der Waals surface area (Å²) in [6, 6.07) is 5.66. The zero-order valence-corrected chi connectivity index (χ0v) is 22.5. The molecule has 0 aliphatic carbocycles. The molecule has 1 amide bonds. The first kappa shape index (κ1) is 27.4. The molecule has 2 aromatic rings. The molecule has 0 radical (unpaired) electrons. The summed E-state index contributed by atoms with van der Waals surface area (Å²) in [5, 5.41) is 3.08. The highest BCUT2D eigenvalue weighted by Crippen LogP contribution is 2.22. The third-order valence-corrected chi connectivity index (χ3v) is 6.53. The van der Waals surface area contributed by atoms with E-state index in [9.17, 15) is 9.59 Å². The molecule has 182 valence electrons. The number of nitrogens with zero attached hydrogens (tertiary/aromatic N) is 2. The SMILES string of the molecule is CCCCc1ncc(CNC(=O)C(CS)CC(C)C)n1Cc1ccc(C(=O)OCC)c(Br)c1. The third kappa shape index (κ3) is 8.18. The summed E-state index contributed by atoms with van der Waals surface area (Å²) in [4.78, 5) is 29.4. The van der Waals surface area contributed by atoms with Crippen molar-refractivity contribution in [3.05, 3.63) is 51.5 Å². The van der Waals surface area contributed by atoms with E-state index < -0.39 is 0 Å². The molecule has 0 spiro atoms. The second-order valence-electron chi connectivity index (χ2n) is 8.62. The number of carbonyl (C=O) groups is 2. The number of halogens is 1. The Morgan fingerprint density at radius 2 is 2.03 bits per heavy atom. The largest absolute Gasteiger partial charge is 0.462 e. The molecule has 0 aliphatic heterocycles. The first-order chi connectivity index (χ1) is 15.8. The molecule has 0 saturated heterocycles. The van der Waals surface area contributed by atoms with Gasteiger partial charge in [0, 0.05) is 29.1 Å². The van der Waals surface area contributed by atoms with Gasteiger partial charge in [-0.1, -0.05) is 33.3 Å². The van der Waals surface area contributed by atoms with E-state index in [1.54, 1.807) is 13.0 Å². The molecule has 1 aromatic heterocycles. The molecule has 1 unspecified atom stereocenters. The van der Waals surface area contributed by atoms with Crippen molar-refractivity contribution >= 4 is 40.4 Å². The quantitative estimate of drug-likeness (QED) is 0.264. The monoisotopic (exact) mass is 537 g/mol. The predicted octanol–water partition coefficient (Wildman–Crippen LogP) is 5.42. The Hall–Kier alpha value is -1.80. The van der Waals surface area contributed by atoms with Crippen LogP contribution in [0, 0.1) is 11.8 Å². The number of hydrogen-bond donors (Lipinski definition) is 2. The number of ether oxygens (including phenoxy) is 1. The van der Waals surface area contributed by atoms with Gasteiger partial charge in [-0.3, -0.25) is 4.79 Å². The molecule has 0 fully saturated rings. The van der Waals surface area contributed by atoms with Crippen LogP contribution in [0.3, 0.4) is 0 Å². The highest BCUT2D eigenvalue weighted by Gasteiger charge is 2.19. The number of aromatic nitrogens is 2. The second kappa shape index (κ2) is 13.8. The normalized spacial score (nSPS) is 12.1. The van der Waals surface area contributed by atoms with Gasteiger partial charge in [-0.25, -0.2) is 9.78 Å². The molecule has 2 rings (SSSR count). The van der Waals surface area contributed by atoms with Crippen LogP contribution in [0.2, 0.25) is 0 Å². The number of carbonyl (C=O) groups excluding carboxylic acids is 2. The van der Waals surface area contributed by atoms with E-state index in [1.807, 2.05) is 18.3 Å². The van der Waals surface area contributed by atoms with Crippen LogP contribution >= 0.6 is 28.6 Å². The Morgan fingerprint density at radius 1 is 1.27 bits per heavy atom. The van der Waals surface area contributed by atoms with Gasteiger partial charge in [-0.2, -0.15) is 12.6 Å². The lowest BCUT2D eigenvalue weighted by atomic mass is 9.98. The molecule has 1 atom stereocenters. The summed E-state index contributed by atoms with van der Waals surface area (Å²) in [5.74, 6) is 1.56. The number of benzene rings is 1. The standard InChI is InChI=1S/C25H36BrN3O3S/c1-5-7-8-23-27-13-20(14-28-24(30)19(16-33)11-17(3)4)29(23)15-18-9-10-21(22(26)12-18)25(31)32-6-2/h9-10,12-13,17,19,33H,5-8,11,14-16H2,1-4H3,(H,28,30). The Morgan fingerprint density at radius 3 is 2.64 bits per heavy atom. The fourth-order valence-electron chi connectivity index (χ4n) is 3.69. The number of esters is 1. The lowest BCUT2D eigenvalue weighted by Gasteiger charge is -2.18. The first-order valence-corrected chi connectivity index (χ1v) is 13.1. The Labute approximate surface area is 211 Å². The van der Waals surface area contributed by atoms with E-state index in [1.165, 1.54) is 0 Å². The van der Waals surface area contributed by atoms with E-state index in [0.29, 0.717) is 41.4 Å². The molecule has 8 heteroatoms. The lowest BCUT2D eigenvalue weighted by Crippen LogP contribution is -2.32. The number of rotatable bonds is 13. The third-order valence-electron chi connectivity index (χ3n) is 5.44. The van der Waals surface area contributed by atoms with Crippen molar-refractivity contribution in [1.82, 2.24) is 14.9 Å². The van der Waals surface area contributed by atoms with Crippen molar-refractivity contribution in [3.8, 4) is 0 Å². The van der Waals surface area contributed by atoms with Gasteiger partial charge in [-0.15, -0.1) is 0 Å². The van der Waals surface area contributed by atoms with Gasteiger partial charge in [0.2, 0.25) is 5.91 Å². The van der Waals surface area contributed by atoms with Crippen molar-refractivity contribution in [2.75, 3.05) is 12.4 Å². The van der Waals surface area contributed by atoms with Gasteiger partial charge in [0.25, 0.3) is 0 Å². The summed E-state index contributed by atoms with van der Waals surface area (Å²) in [6.07, 6.45) is 5.67. The van der Waals surface area contributed by atoms with Crippen molar-refractivity contribution in [2.24, 2.45) is 11.8 Å². The van der Waals surface area contributed by atoms with Crippen molar-refractivity contribution in [1.29, 1.82) is 0 Å². The highest BCUT2D eigenvalue weighted by atomic mass is 79.9. The zero-order valence-electron chi connectivity index (χ0n) is 20.1. The fourth-order valence-corrected chi connectivity index (χ4v) is 4.59. The van der Waals surface area contributed by atoms with Crippen LogP contribution in [-0.4, -0.2) is 33.8 Å². The number of aryl methyl sites for hydroxylation is 1. The predicted molar refractivity (Wildman–Crippen MR) is 139 cm³/mol. The molecule has 0 saturated carbocycles. The maximum Gasteiger partial charge on any atom is 0.339 e. The summed E-state index contributed by atoms with van der Waals surface area (Å²) < 4.78 is 7.98. The molecule has 0 aliphatic rings. The topological polar surface area (TPSA) is 73.2 Å². The Balaban J connectivity index is 2.21. The average molecular weight is 539 g/mol. The number of thiol groups is 1. The Bertz CT molecular complexity index is 930. The minimum Gasteiger partial charge on any atom is -0.462 e. The molecule has 6 nitrogen and oxygen atoms in total. The van der Waals surface area contributed by atoms with Crippen LogP contribution in [0.4, 0.5) is 0 Å². The van der Waals surface area contributed by atoms with E-state index in [4.69, 9.17) is 4.74 Å². The van der Waals surface area contributed by atoms with Gasteiger partial charge in [0.15, 0.2) is 0 Å². The maximum atomic E-state index is 12.7. The minimum atomic E-state index is -0.342. The van der Waals surface area contributed by atoms with Gasteiger partial charge in [0.05, 0.1) is 30.6 Å². The summed E-state index contributed by atoms with van der Waals surface area (Å²) >= 11 is 7.87. The molecule has 1 heterocycles. The van der Waals surface area contributed by atoms with E-state index >= 15 is 0 Å². The summed E-state index contributed by atoms with van der Waals surface area (Å²) in [5.41, 5.74) is 2.50. The van der Waals surface area contributed by atoms with E-state index in [-0.39, 0.29) is 17.8 Å². The summed E-state index contributed by atoms with van der Waals surface area (Å²) in [7, 11) is 0. The van der Waals surface area contributed by atoms with Crippen molar-refractivity contribution in [2.45, 2.75) is 66.5 Å². The second-order valence-corrected chi connectivity index (χ2v) is 9.84. The summed E-state index contributed by atoms with van der Waals surface area (Å²) in [6.45, 7) is 9.54. The molecular formula is C25H36BrN3O3S. The number of nitrogens with one attached hydrogen (secondary N) is 1. The van der Waals surface area contributed by atoms with Crippen LogP contribution in [0.5, 0.6) is 0 Å². The van der Waals surface area contributed by atoms with Gasteiger partial charge < -0.3 is 14.6 Å². The number of amides is 1. The molecule has 0 bridgehead atoms. The van der Waals surface area contributed by atoms with Crippen molar-refractivity contribution < 1.29 is 14.3 Å². The highest BCUT2D eigenvalue weighted by molar-refractivity contribution is 9.10. The van der Waals surface area contributed by atoms with E-state index in [2.05, 4.69) is 64.2 Å². The van der Waals surface area contributed by atoms with Crippen LogP contribution in [0.25, 0.3) is 0 Å². The minimum absolute atomic E-state index is 0.0306. The molecule has 1 N–H and O–H groups in total. The average Bonchev–Trinajstić information content (AvgIpc) is 3.15. The molecule has 33 heavy (non-hydrogen) atoms. The molecular weight excluding hydrogens is 502 g/mol. The first-order valence-electron chi connectivity index (χ1n) is 11.7.